The van der Waals surface area contributed by atoms with Crippen LogP contribution in [0.2, 0.25) is 5.02 Å². The highest BCUT2D eigenvalue weighted by molar-refractivity contribution is 6.32. The number of carbonyl (C=O) groups excluding carboxylic acids is 2. The summed E-state index contributed by atoms with van der Waals surface area (Å²) in [7, 11) is 0. The van der Waals surface area contributed by atoms with E-state index in [1.165, 1.54) is 12.5 Å². The van der Waals surface area contributed by atoms with Gasteiger partial charge in [-0.1, -0.05) is 97.4 Å². The van der Waals surface area contributed by atoms with Crippen molar-refractivity contribution >= 4 is 46.7 Å². The van der Waals surface area contributed by atoms with Gasteiger partial charge in [0.05, 0.1) is 10.7 Å². The van der Waals surface area contributed by atoms with Crippen LogP contribution in [0.25, 0.3) is 0 Å². The number of nitrogen functional groups attached to an aromatic ring is 1. The molecule has 210 valence electrons. The number of ether oxygens (including phenoxy) is 1. The van der Waals surface area contributed by atoms with Gasteiger partial charge in [0.1, 0.15) is 18.0 Å². The molecule has 1 amide bonds. The average molecular weight is 561 g/mol. The van der Waals surface area contributed by atoms with Gasteiger partial charge >= 0.3 is 0 Å². The van der Waals surface area contributed by atoms with E-state index in [-0.39, 0.29) is 13.3 Å². The van der Waals surface area contributed by atoms with E-state index >= 15 is 0 Å². The summed E-state index contributed by atoms with van der Waals surface area (Å²) < 4.78 is 4.54. The van der Waals surface area contributed by atoms with E-state index in [1.54, 1.807) is 30.3 Å². The van der Waals surface area contributed by atoms with Gasteiger partial charge in [-0.2, -0.15) is 0 Å². The minimum absolute atomic E-state index is 0. The number of hydrogen-bond acceptors (Lipinski definition) is 6. The fraction of sp³-hybridized carbons (Fsp3) is 0.125. The molecule has 0 spiro atoms. The number of carbonyl (C=O) groups is 2. The number of amides is 1. The van der Waals surface area contributed by atoms with Gasteiger partial charge in [-0.25, -0.2) is 0 Å². The van der Waals surface area contributed by atoms with Crippen molar-refractivity contribution in [2.75, 3.05) is 11.1 Å². The maximum Gasteiger partial charge on any atom is 0.293 e. The monoisotopic (exact) mass is 560 g/mol. The molecule has 0 aliphatic rings. The van der Waals surface area contributed by atoms with Crippen LogP contribution in [0.3, 0.4) is 0 Å². The van der Waals surface area contributed by atoms with E-state index in [1.807, 2.05) is 60.7 Å². The van der Waals surface area contributed by atoms with Crippen molar-refractivity contribution in [3.8, 4) is 0 Å². The molecule has 8 heteroatoms. The van der Waals surface area contributed by atoms with Crippen LogP contribution in [0.1, 0.15) is 25.5 Å². The average Bonchev–Trinajstić information content (AvgIpc) is 2.95. The number of anilines is 2. The van der Waals surface area contributed by atoms with E-state index in [9.17, 15) is 9.59 Å². The van der Waals surface area contributed by atoms with Crippen molar-refractivity contribution in [1.29, 1.82) is 0 Å². The molecule has 3 N–H and O–H groups in total. The molecule has 0 fully saturated rings. The summed E-state index contributed by atoms with van der Waals surface area (Å²) in [6.45, 7) is 10.3. The summed E-state index contributed by atoms with van der Waals surface area (Å²) in [6, 6.07) is 31.9. The quantitative estimate of drug-likeness (QED) is 0.106. The number of benzene rings is 4. The second-order valence-corrected chi connectivity index (χ2v) is 8.06. The van der Waals surface area contributed by atoms with Crippen molar-refractivity contribution < 1.29 is 14.3 Å². The largest absolute Gasteiger partial charge is 0.463 e. The molecule has 0 atom stereocenters. The van der Waals surface area contributed by atoms with Gasteiger partial charge in [0, 0.05) is 12.6 Å². The highest BCUT2D eigenvalue weighted by Crippen LogP contribution is 2.31. The zero-order chi connectivity index (χ0) is 28.9. The molecule has 0 aliphatic heterocycles. The van der Waals surface area contributed by atoms with Gasteiger partial charge in [-0.05, 0) is 42.8 Å². The Balaban J connectivity index is 0.000000632. The third-order valence-corrected chi connectivity index (χ3v) is 4.87. The Morgan fingerprint density at radius 2 is 1.45 bits per heavy atom. The first-order valence-corrected chi connectivity index (χ1v) is 12.2. The number of hydrogen-bond donors (Lipinski definition) is 2. The third kappa shape index (κ3) is 14.9. The van der Waals surface area contributed by atoms with Crippen molar-refractivity contribution in [2.45, 2.75) is 27.9 Å². The normalized spacial score (nSPS) is 9.18. The van der Waals surface area contributed by atoms with E-state index < -0.39 is 0 Å². The minimum atomic E-state index is -0.204. The lowest BCUT2D eigenvalue weighted by Gasteiger charge is -2.06. The number of aryl methyl sites for hydroxylation is 1. The van der Waals surface area contributed by atoms with Gasteiger partial charge in [0.25, 0.3) is 6.47 Å². The zero-order valence-electron chi connectivity index (χ0n) is 22.1. The van der Waals surface area contributed by atoms with Crippen LogP contribution >= 0.6 is 11.6 Å². The SMILES string of the molecule is C.C=C.CC(=O)Nc1cc(N)ccc1N=Nc1ccccc1Cl.Cc1ccccc1.O=COCc1ccccc1. The fourth-order valence-electron chi connectivity index (χ4n) is 2.81. The lowest BCUT2D eigenvalue weighted by molar-refractivity contribution is -0.129. The lowest BCUT2D eigenvalue weighted by Crippen LogP contribution is -2.06. The van der Waals surface area contributed by atoms with Crippen molar-refractivity contribution in [2.24, 2.45) is 10.2 Å². The summed E-state index contributed by atoms with van der Waals surface area (Å²) in [5, 5.41) is 11.3. The fourth-order valence-corrected chi connectivity index (χ4v) is 2.98. The predicted octanol–water partition coefficient (Wildman–Crippen LogP) is 9.09. The van der Waals surface area contributed by atoms with Crippen LogP contribution in [0, 0.1) is 6.92 Å². The lowest BCUT2D eigenvalue weighted by atomic mass is 10.2. The van der Waals surface area contributed by atoms with Crippen LogP contribution in [-0.2, 0) is 20.9 Å². The first-order chi connectivity index (χ1) is 18.9. The van der Waals surface area contributed by atoms with Gasteiger partial charge in [0.15, 0.2) is 0 Å². The standard InChI is InChI=1S/C14H13ClN4O.C8H8O2.C7H8.C2H4.CH4/c1-9(20)17-14-8-10(16)6-7-13(14)19-18-12-5-3-2-4-11(12)15;9-7-10-6-8-4-2-1-3-5-8;1-7-5-3-2-4-6-7;1-2;/h2-8H,16H2,1H3,(H,17,20);1-5,7H,6H2;2-6H,1H3;1-2H2;1H4. The number of nitrogens with two attached hydrogens (primary N) is 1. The number of rotatable bonds is 6. The summed E-state index contributed by atoms with van der Waals surface area (Å²) in [5.41, 5.74) is 10.1. The Kier molecular flexibility index (Phi) is 18.7. The van der Waals surface area contributed by atoms with Gasteiger partial charge in [0.2, 0.25) is 5.91 Å². The highest BCUT2D eigenvalue weighted by Gasteiger charge is 2.05. The molecule has 40 heavy (non-hydrogen) atoms. The molecule has 4 rings (SSSR count). The minimum Gasteiger partial charge on any atom is -0.463 e. The molecule has 0 radical (unpaired) electrons. The Labute approximate surface area is 242 Å². The van der Waals surface area contributed by atoms with Crippen molar-refractivity contribution in [3.63, 3.8) is 0 Å². The Hall–Kier alpha value is -4.75. The molecule has 0 aliphatic carbocycles. The second kappa shape index (κ2) is 21.2. The molecule has 0 unspecified atom stereocenters. The smallest absolute Gasteiger partial charge is 0.293 e. The molecule has 0 bridgehead atoms. The predicted molar refractivity (Wildman–Crippen MR) is 167 cm³/mol. The maximum absolute atomic E-state index is 11.2. The summed E-state index contributed by atoms with van der Waals surface area (Å²) >= 11 is 6.00. The Bertz CT molecular complexity index is 1300. The molecule has 4 aromatic rings. The zero-order valence-corrected chi connectivity index (χ0v) is 22.8. The molecular formula is C32H37ClN4O3. The van der Waals surface area contributed by atoms with Crippen molar-refractivity contribution in [1.82, 2.24) is 0 Å². The summed E-state index contributed by atoms with van der Waals surface area (Å²) in [4.78, 5) is 20.9. The Morgan fingerprint density at radius 1 is 0.900 bits per heavy atom. The van der Waals surface area contributed by atoms with E-state index in [4.69, 9.17) is 17.3 Å². The summed E-state index contributed by atoms with van der Waals surface area (Å²) in [5.74, 6) is -0.204. The Morgan fingerprint density at radius 3 is 1.98 bits per heavy atom. The van der Waals surface area contributed by atoms with Crippen LogP contribution in [0.5, 0.6) is 0 Å². The van der Waals surface area contributed by atoms with Gasteiger partial charge in [-0.15, -0.1) is 23.4 Å². The van der Waals surface area contributed by atoms with Gasteiger partial charge in [-0.3, -0.25) is 9.59 Å². The van der Waals surface area contributed by atoms with Crippen molar-refractivity contribution in [3.05, 3.63) is 132 Å². The first kappa shape index (κ1) is 35.2. The molecule has 0 saturated heterocycles. The van der Waals surface area contributed by atoms with Gasteiger partial charge < -0.3 is 15.8 Å². The summed E-state index contributed by atoms with van der Waals surface area (Å²) in [6.07, 6.45) is 0. The number of nitrogens with one attached hydrogen (secondary N) is 1. The number of azo groups is 1. The van der Waals surface area contributed by atoms with Crippen LogP contribution < -0.4 is 11.1 Å². The van der Waals surface area contributed by atoms with Crippen LogP contribution in [0.15, 0.2) is 127 Å². The topological polar surface area (TPSA) is 106 Å². The molecule has 7 nitrogen and oxygen atoms in total. The number of nitrogens with zero attached hydrogens (tertiary/aromatic N) is 2. The molecule has 0 saturated carbocycles. The molecule has 4 aromatic carbocycles. The van der Waals surface area contributed by atoms with E-state index in [0.717, 1.165) is 5.56 Å². The number of halogens is 1. The van der Waals surface area contributed by atoms with Crippen LogP contribution in [0.4, 0.5) is 22.7 Å². The van der Waals surface area contributed by atoms with Crippen LogP contribution in [-0.4, -0.2) is 12.4 Å². The maximum atomic E-state index is 11.2. The van der Waals surface area contributed by atoms with E-state index in [0.29, 0.717) is 40.9 Å². The molecular weight excluding hydrogens is 524 g/mol. The first-order valence-electron chi connectivity index (χ1n) is 11.8. The third-order valence-electron chi connectivity index (χ3n) is 4.55. The molecule has 0 aromatic heterocycles. The second-order valence-electron chi connectivity index (χ2n) is 7.66. The highest BCUT2D eigenvalue weighted by atomic mass is 35.5. The van der Waals surface area contributed by atoms with E-state index in [2.05, 4.69) is 52.5 Å². The molecule has 0 heterocycles.